The Labute approximate surface area is 121 Å². The molecule has 2 amide bonds. The van der Waals surface area contributed by atoms with Crippen molar-refractivity contribution in [3.8, 4) is 0 Å². The molecule has 0 bridgehead atoms. The molecule has 3 N–H and O–H groups in total. The summed E-state index contributed by atoms with van der Waals surface area (Å²) in [6.07, 6.45) is 1.57. The molecular formula is C15H15N3O3. The van der Waals surface area contributed by atoms with Gasteiger partial charge in [0.2, 0.25) is 0 Å². The summed E-state index contributed by atoms with van der Waals surface area (Å²) in [6, 6.07) is 9.60. The number of aryl methyl sites for hydroxylation is 1. The van der Waals surface area contributed by atoms with Crippen LogP contribution in [-0.2, 0) is 6.54 Å². The first-order chi connectivity index (χ1) is 10.0. The highest BCUT2D eigenvalue weighted by Gasteiger charge is 2.05. The van der Waals surface area contributed by atoms with Crippen molar-refractivity contribution in [3.05, 3.63) is 59.4 Å². The molecule has 2 aromatic rings. The summed E-state index contributed by atoms with van der Waals surface area (Å²) >= 11 is 0. The van der Waals surface area contributed by atoms with Gasteiger partial charge in [-0.25, -0.2) is 9.59 Å². The number of urea groups is 1. The maximum absolute atomic E-state index is 11.7. The van der Waals surface area contributed by atoms with Gasteiger partial charge in [-0.2, -0.15) is 0 Å². The van der Waals surface area contributed by atoms with E-state index in [1.807, 2.05) is 6.92 Å². The minimum Gasteiger partial charge on any atom is -0.478 e. The predicted octanol–water partition coefficient (Wildman–Crippen LogP) is 2.41. The topological polar surface area (TPSA) is 91.3 Å². The number of carbonyl (C=O) groups is 2. The highest BCUT2D eigenvalue weighted by molar-refractivity contribution is 5.89. The lowest BCUT2D eigenvalue weighted by Gasteiger charge is -2.08. The number of carboxylic acid groups (broad SMARTS) is 1. The van der Waals surface area contributed by atoms with Crippen molar-refractivity contribution >= 4 is 17.7 Å². The van der Waals surface area contributed by atoms with E-state index in [0.717, 1.165) is 5.69 Å². The molecule has 1 aromatic heterocycles. The number of anilines is 1. The summed E-state index contributed by atoms with van der Waals surface area (Å²) in [5, 5.41) is 14.2. The second-order valence-electron chi connectivity index (χ2n) is 4.50. The average Bonchev–Trinajstić information content (AvgIpc) is 2.48. The highest BCUT2D eigenvalue weighted by Crippen LogP contribution is 2.07. The number of amides is 2. The summed E-state index contributed by atoms with van der Waals surface area (Å²) in [5.41, 5.74) is 2.37. The lowest BCUT2D eigenvalue weighted by atomic mass is 10.1. The van der Waals surface area contributed by atoms with E-state index in [1.54, 1.807) is 30.5 Å². The van der Waals surface area contributed by atoms with Gasteiger partial charge in [-0.05, 0) is 36.8 Å². The first-order valence-electron chi connectivity index (χ1n) is 6.34. The van der Waals surface area contributed by atoms with Gasteiger partial charge in [0.25, 0.3) is 0 Å². The van der Waals surface area contributed by atoms with Gasteiger partial charge in [-0.1, -0.05) is 12.1 Å². The van der Waals surface area contributed by atoms with Crippen molar-refractivity contribution in [1.29, 1.82) is 0 Å². The van der Waals surface area contributed by atoms with Crippen LogP contribution in [0, 0.1) is 6.92 Å². The lowest BCUT2D eigenvalue weighted by molar-refractivity contribution is 0.0696. The number of aromatic carboxylic acids is 1. The molecular weight excluding hydrogens is 270 g/mol. The predicted molar refractivity (Wildman–Crippen MR) is 78.2 cm³/mol. The zero-order chi connectivity index (χ0) is 15.2. The summed E-state index contributed by atoms with van der Waals surface area (Å²) in [6.45, 7) is 2.10. The molecule has 0 aliphatic carbocycles. The van der Waals surface area contributed by atoms with E-state index < -0.39 is 5.97 Å². The molecule has 0 spiro atoms. The van der Waals surface area contributed by atoms with Crippen molar-refractivity contribution in [2.24, 2.45) is 0 Å². The zero-order valence-electron chi connectivity index (χ0n) is 11.5. The second-order valence-corrected chi connectivity index (χ2v) is 4.50. The number of rotatable bonds is 4. The van der Waals surface area contributed by atoms with Crippen LogP contribution in [-0.4, -0.2) is 22.1 Å². The number of carboxylic acids is 1. The molecule has 0 atom stereocenters. The number of pyridine rings is 1. The highest BCUT2D eigenvalue weighted by atomic mass is 16.4. The number of nitrogens with zero attached hydrogens (tertiary/aromatic N) is 1. The molecule has 0 aliphatic heterocycles. The van der Waals surface area contributed by atoms with Crippen LogP contribution in [0.15, 0.2) is 42.6 Å². The van der Waals surface area contributed by atoms with E-state index in [0.29, 0.717) is 11.3 Å². The molecule has 2 rings (SSSR count). The summed E-state index contributed by atoms with van der Waals surface area (Å²) in [5.74, 6) is -0.993. The molecule has 21 heavy (non-hydrogen) atoms. The van der Waals surface area contributed by atoms with E-state index in [-0.39, 0.29) is 18.1 Å². The molecule has 0 unspecified atom stereocenters. The van der Waals surface area contributed by atoms with Gasteiger partial charge in [0, 0.05) is 12.2 Å². The van der Waals surface area contributed by atoms with E-state index in [2.05, 4.69) is 15.6 Å². The summed E-state index contributed by atoms with van der Waals surface area (Å²) < 4.78 is 0. The summed E-state index contributed by atoms with van der Waals surface area (Å²) in [7, 11) is 0. The SMILES string of the molecule is Cc1ccc(NC(=O)NCc2cccc(C(=O)O)c2)cn1. The van der Waals surface area contributed by atoms with Crippen molar-refractivity contribution in [1.82, 2.24) is 10.3 Å². The Morgan fingerprint density at radius 2 is 2.05 bits per heavy atom. The van der Waals surface area contributed by atoms with Gasteiger partial charge < -0.3 is 15.7 Å². The Morgan fingerprint density at radius 3 is 2.71 bits per heavy atom. The van der Waals surface area contributed by atoms with Gasteiger partial charge in [0.15, 0.2) is 0 Å². The Morgan fingerprint density at radius 1 is 1.24 bits per heavy atom. The number of hydrogen-bond acceptors (Lipinski definition) is 3. The molecule has 6 heteroatoms. The fourth-order valence-corrected chi connectivity index (χ4v) is 1.71. The van der Waals surface area contributed by atoms with Gasteiger partial charge in [0.05, 0.1) is 17.4 Å². The lowest BCUT2D eigenvalue weighted by Crippen LogP contribution is -2.28. The third-order valence-electron chi connectivity index (χ3n) is 2.80. The largest absolute Gasteiger partial charge is 0.478 e. The van der Waals surface area contributed by atoms with E-state index >= 15 is 0 Å². The van der Waals surface area contributed by atoms with E-state index in [4.69, 9.17) is 5.11 Å². The molecule has 0 radical (unpaired) electrons. The molecule has 1 aromatic carbocycles. The van der Waals surface area contributed by atoms with Crippen LogP contribution in [0.4, 0.5) is 10.5 Å². The fraction of sp³-hybridized carbons (Fsp3) is 0.133. The van der Waals surface area contributed by atoms with Crippen molar-refractivity contribution < 1.29 is 14.7 Å². The Bertz CT molecular complexity index is 653. The zero-order valence-corrected chi connectivity index (χ0v) is 11.5. The van der Waals surface area contributed by atoms with Crippen molar-refractivity contribution in [2.75, 3.05) is 5.32 Å². The Balaban J connectivity index is 1.90. The van der Waals surface area contributed by atoms with Crippen molar-refractivity contribution in [3.63, 3.8) is 0 Å². The van der Waals surface area contributed by atoms with Crippen LogP contribution in [0.3, 0.4) is 0 Å². The second kappa shape index (κ2) is 6.51. The monoisotopic (exact) mass is 285 g/mol. The third kappa shape index (κ3) is 4.31. The normalized spacial score (nSPS) is 9.95. The van der Waals surface area contributed by atoms with Gasteiger partial charge in [0.1, 0.15) is 0 Å². The smallest absolute Gasteiger partial charge is 0.335 e. The number of hydrogen-bond donors (Lipinski definition) is 3. The van der Waals surface area contributed by atoms with Gasteiger partial charge in [-0.15, -0.1) is 0 Å². The number of carbonyl (C=O) groups excluding carboxylic acids is 1. The number of aromatic nitrogens is 1. The molecule has 6 nitrogen and oxygen atoms in total. The van der Waals surface area contributed by atoms with E-state index in [1.165, 1.54) is 12.1 Å². The number of nitrogens with one attached hydrogen (secondary N) is 2. The van der Waals surface area contributed by atoms with Crippen molar-refractivity contribution in [2.45, 2.75) is 13.5 Å². The third-order valence-corrected chi connectivity index (χ3v) is 2.80. The van der Waals surface area contributed by atoms with Gasteiger partial charge >= 0.3 is 12.0 Å². The van der Waals surface area contributed by atoms with E-state index in [9.17, 15) is 9.59 Å². The molecule has 0 aliphatic rings. The first-order valence-corrected chi connectivity index (χ1v) is 6.34. The fourth-order valence-electron chi connectivity index (χ4n) is 1.71. The first kappa shape index (κ1) is 14.5. The maximum Gasteiger partial charge on any atom is 0.335 e. The molecule has 0 saturated carbocycles. The summed E-state index contributed by atoms with van der Waals surface area (Å²) in [4.78, 5) is 26.7. The number of benzene rings is 1. The van der Waals surface area contributed by atoms with Crippen LogP contribution in [0.1, 0.15) is 21.6 Å². The Hall–Kier alpha value is -2.89. The quantitative estimate of drug-likeness (QED) is 0.804. The molecule has 108 valence electrons. The van der Waals surface area contributed by atoms with Crippen LogP contribution in [0.2, 0.25) is 0 Å². The van der Waals surface area contributed by atoms with Crippen LogP contribution in [0.5, 0.6) is 0 Å². The molecule has 0 saturated heterocycles. The van der Waals surface area contributed by atoms with Crippen LogP contribution in [0.25, 0.3) is 0 Å². The Kier molecular flexibility index (Phi) is 4.50. The van der Waals surface area contributed by atoms with Gasteiger partial charge in [-0.3, -0.25) is 4.98 Å². The molecule has 0 fully saturated rings. The average molecular weight is 285 g/mol. The minimum absolute atomic E-state index is 0.192. The standard InChI is InChI=1S/C15H15N3O3/c1-10-5-6-13(9-16-10)18-15(21)17-8-11-3-2-4-12(7-11)14(19)20/h2-7,9H,8H2,1H3,(H,19,20)(H2,17,18,21). The van der Waals surface area contributed by atoms with Crippen LogP contribution >= 0.6 is 0 Å². The minimum atomic E-state index is -0.993. The maximum atomic E-state index is 11.7. The van der Waals surface area contributed by atoms with Crippen LogP contribution < -0.4 is 10.6 Å². The molecule has 1 heterocycles.